The molecule has 2 N–H and O–H groups in total. The SMILES string of the molecule is CS(=O)(=O)n1cc2c(n1)CN([C@H]1COC(c3cc(F)ccc3F)[C@@H](N)C1)C2.[CH2-]I.[V]. The Kier molecular flexibility index (Phi) is 8.88. The van der Waals surface area contributed by atoms with Crippen molar-refractivity contribution >= 4 is 32.6 Å². The van der Waals surface area contributed by atoms with Gasteiger partial charge in [-0.05, 0) is 24.6 Å². The first-order valence-electron chi connectivity index (χ1n) is 8.83. The van der Waals surface area contributed by atoms with E-state index in [0.717, 1.165) is 34.1 Å². The third-order valence-corrected chi connectivity index (χ3v) is 5.97. The number of rotatable bonds is 3. The van der Waals surface area contributed by atoms with Crippen molar-refractivity contribution in [1.29, 1.82) is 0 Å². The monoisotopic (exact) mass is 590 g/mol. The van der Waals surface area contributed by atoms with Crippen LogP contribution in [0.3, 0.4) is 0 Å². The van der Waals surface area contributed by atoms with Crippen molar-refractivity contribution in [3.63, 3.8) is 0 Å². The van der Waals surface area contributed by atoms with Crippen molar-refractivity contribution in [1.82, 2.24) is 14.1 Å². The maximum Gasteiger partial charge on any atom is 0.250 e. The molecule has 1 aromatic carbocycles. The minimum absolute atomic E-state index is 0. The first kappa shape index (κ1) is 25.7. The van der Waals surface area contributed by atoms with Crippen LogP contribution < -0.4 is 5.73 Å². The van der Waals surface area contributed by atoms with Gasteiger partial charge in [0.15, 0.2) is 0 Å². The number of halogens is 3. The molecule has 1 aromatic heterocycles. The number of nitrogens with zero attached hydrogens (tertiary/aromatic N) is 3. The normalized spacial score (nSPS) is 23.9. The van der Waals surface area contributed by atoms with Gasteiger partial charge in [-0.15, -0.1) is 0 Å². The molecule has 1 radical (unpaired) electrons. The molecule has 2 aliphatic heterocycles. The minimum Gasteiger partial charge on any atom is -0.370 e. The third-order valence-electron chi connectivity index (χ3n) is 5.10. The summed E-state index contributed by atoms with van der Waals surface area (Å²) in [6, 6.07) is 2.78. The molecular weight excluding hydrogens is 568 g/mol. The molecule has 165 valence electrons. The summed E-state index contributed by atoms with van der Waals surface area (Å²) in [6.07, 6.45) is 2.49. The maximum absolute atomic E-state index is 14.0. The van der Waals surface area contributed by atoms with E-state index in [0.29, 0.717) is 31.8 Å². The van der Waals surface area contributed by atoms with Gasteiger partial charge in [-0.2, -0.15) is 9.19 Å². The summed E-state index contributed by atoms with van der Waals surface area (Å²) in [6.45, 7) is 1.37. The van der Waals surface area contributed by atoms with E-state index in [-0.39, 0.29) is 30.2 Å². The van der Waals surface area contributed by atoms with Gasteiger partial charge >= 0.3 is 0 Å². The van der Waals surface area contributed by atoms with Crippen LogP contribution in [0.4, 0.5) is 8.78 Å². The van der Waals surface area contributed by atoms with Crippen LogP contribution in [0.1, 0.15) is 29.3 Å². The summed E-state index contributed by atoms with van der Waals surface area (Å²) >= 11 is 1.90. The fraction of sp³-hybridized carbons (Fsp3) is 0.444. The van der Waals surface area contributed by atoms with Crippen LogP contribution in [-0.2, 0) is 46.4 Å². The molecule has 1 saturated heterocycles. The average molecular weight is 590 g/mol. The van der Waals surface area contributed by atoms with E-state index >= 15 is 0 Å². The van der Waals surface area contributed by atoms with Crippen molar-refractivity contribution in [2.45, 2.75) is 37.7 Å². The molecule has 12 heteroatoms. The number of nitrogens with two attached hydrogens (primary N) is 1. The largest absolute Gasteiger partial charge is 0.370 e. The topological polar surface area (TPSA) is 90.5 Å². The quantitative estimate of drug-likeness (QED) is 0.437. The van der Waals surface area contributed by atoms with Crippen molar-refractivity contribution in [3.05, 3.63) is 57.8 Å². The molecule has 2 aromatic rings. The van der Waals surface area contributed by atoms with Crippen LogP contribution in [0, 0.1) is 16.6 Å². The van der Waals surface area contributed by atoms with Gasteiger partial charge in [0, 0.05) is 61.1 Å². The van der Waals surface area contributed by atoms with E-state index in [2.05, 4.69) is 14.9 Å². The first-order chi connectivity index (χ1) is 13.7. The maximum atomic E-state index is 14.0. The van der Waals surface area contributed by atoms with Crippen LogP contribution in [-0.4, -0.2) is 47.4 Å². The van der Waals surface area contributed by atoms with Crippen LogP contribution in [0.2, 0.25) is 0 Å². The summed E-state index contributed by atoms with van der Waals surface area (Å²) < 4.78 is 57.4. The number of aromatic nitrogens is 2. The van der Waals surface area contributed by atoms with Gasteiger partial charge < -0.3 is 33.1 Å². The third kappa shape index (κ3) is 5.43. The Morgan fingerprint density at radius 3 is 2.60 bits per heavy atom. The second kappa shape index (κ2) is 10.4. The van der Waals surface area contributed by atoms with Gasteiger partial charge in [0.25, 0.3) is 10.0 Å². The predicted octanol–water partition coefficient (Wildman–Crippen LogP) is 2.35. The summed E-state index contributed by atoms with van der Waals surface area (Å²) in [4.78, 5) is 5.33. The van der Waals surface area contributed by atoms with Crippen LogP contribution in [0.15, 0.2) is 24.4 Å². The van der Waals surface area contributed by atoms with Crippen molar-refractivity contribution in [2.75, 3.05) is 12.9 Å². The molecule has 0 bridgehead atoms. The van der Waals surface area contributed by atoms with E-state index in [1.165, 1.54) is 6.20 Å². The zero-order valence-corrected chi connectivity index (χ0v) is 20.6. The second-order valence-electron chi connectivity index (χ2n) is 7.11. The van der Waals surface area contributed by atoms with Crippen LogP contribution >= 0.6 is 22.6 Å². The molecule has 1 fully saturated rings. The smallest absolute Gasteiger partial charge is 0.250 e. The van der Waals surface area contributed by atoms with Gasteiger partial charge in [0.1, 0.15) is 17.7 Å². The van der Waals surface area contributed by atoms with Gasteiger partial charge in [-0.1, -0.05) is 0 Å². The fourth-order valence-electron chi connectivity index (χ4n) is 3.73. The Morgan fingerprint density at radius 1 is 1.30 bits per heavy atom. The van der Waals surface area contributed by atoms with Gasteiger partial charge in [-0.25, -0.2) is 17.2 Å². The number of benzene rings is 1. The Bertz CT molecular complexity index is 968. The van der Waals surface area contributed by atoms with Crippen molar-refractivity contribution in [3.8, 4) is 0 Å². The van der Waals surface area contributed by atoms with E-state index in [4.69, 9.17) is 10.5 Å². The van der Waals surface area contributed by atoms with Crippen molar-refractivity contribution < 1.29 is 40.5 Å². The number of fused-ring (bicyclic) bond motifs is 1. The number of ether oxygens (including phenoxy) is 1. The average Bonchev–Trinajstić information content (AvgIpc) is 3.25. The van der Waals surface area contributed by atoms with E-state index in [9.17, 15) is 17.2 Å². The predicted molar refractivity (Wildman–Crippen MR) is 113 cm³/mol. The van der Waals surface area contributed by atoms with Crippen molar-refractivity contribution in [2.24, 2.45) is 5.73 Å². The van der Waals surface area contributed by atoms with E-state index in [1.54, 1.807) is 0 Å². The molecule has 0 aliphatic carbocycles. The Morgan fingerprint density at radius 2 is 2.00 bits per heavy atom. The molecule has 2 aliphatic rings. The molecule has 1 unspecified atom stereocenters. The standard InChI is InChI=1S/C17H20F2N4O3S.CH2I.V/c1-27(24,25)23-7-10-6-22(8-16(10)21-23)12-5-15(20)17(26-9-12)13-4-11(18)2-3-14(13)19;1-2;/h2-4,7,12,15,17H,5-6,8-9,20H2,1H3;1H2;/q;-1;/t12-,15+,17?;;/m1../s1. The minimum atomic E-state index is -3.40. The second-order valence-corrected chi connectivity index (χ2v) is 8.95. The molecule has 7 nitrogen and oxygen atoms in total. The van der Waals surface area contributed by atoms with Gasteiger partial charge in [0.05, 0.1) is 18.6 Å². The summed E-state index contributed by atoms with van der Waals surface area (Å²) in [7, 11) is -3.40. The van der Waals surface area contributed by atoms with E-state index in [1.807, 2.05) is 22.6 Å². The zero-order chi connectivity index (χ0) is 21.3. The molecule has 3 heterocycles. The number of hydrogen-bond donors (Lipinski definition) is 1. The number of hydrogen-bond acceptors (Lipinski definition) is 6. The molecule has 0 amide bonds. The summed E-state index contributed by atoms with van der Waals surface area (Å²) in [5.74, 6) is -1.07. The van der Waals surface area contributed by atoms with Crippen LogP contribution in [0.25, 0.3) is 0 Å². The zero-order valence-electron chi connectivity index (χ0n) is 16.2. The van der Waals surface area contributed by atoms with Gasteiger partial charge in [0.2, 0.25) is 0 Å². The van der Waals surface area contributed by atoms with E-state index < -0.39 is 33.8 Å². The summed E-state index contributed by atoms with van der Waals surface area (Å²) in [5.41, 5.74) is 7.91. The Labute approximate surface area is 200 Å². The summed E-state index contributed by atoms with van der Waals surface area (Å²) in [5, 5.41) is 4.13. The van der Waals surface area contributed by atoms with Gasteiger partial charge in [-0.3, -0.25) is 9.83 Å². The first-order valence-corrected chi connectivity index (χ1v) is 12.2. The fourth-order valence-corrected chi connectivity index (χ4v) is 4.30. The molecule has 0 saturated carbocycles. The molecule has 0 spiro atoms. The van der Waals surface area contributed by atoms with Crippen LogP contribution in [0.5, 0.6) is 0 Å². The Balaban J connectivity index is 0.00000104. The molecule has 3 atom stereocenters. The molecular formula is C18H22F2IN4O3SV-. The molecule has 30 heavy (non-hydrogen) atoms. The Hall–Kier alpha value is -0.566. The molecule has 4 rings (SSSR count).